The van der Waals surface area contributed by atoms with Gasteiger partial charge in [0.05, 0.1) is 33.0 Å². The van der Waals surface area contributed by atoms with Crippen LogP contribution in [0.3, 0.4) is 0 Å². The average molecular weight is 398 g/mol. The number of thiophene rings is 1. The van der Waals surface area contributed by atoms with Gasteiger partial charge in [0.25, 0.3) is 0 Å². The zero-order chi connectivity index (χ0) is 20.1. The quantitative estimate of drug-likeness (QED) is 0.581. The van der Waals surface area contributed by atoms with Crippen LogP contribution in [0.4, 0.5) is 0 Å². The third-order valence-electron chi connectivity index (χ3n) is 4.31. The highest BCUT2D eigenvalue weighted by atomic mass is 32.1. The smallest absolute Gasteiger partial charge is 0.338 e. The molecule has 0 aliphatic heterocycles. The first kappa shape index (κ1) is 19.9. The third kappa shape index (κ3) is 4.03. The Morgan fingerprint density at radius 3 is 2.25 bits per heavy atom. The molecule has 146 valence electrons. The zero-order valence-corrected chi connectivity index (χ0v) is 16.8. The standard InChI is InChI=1S/C22H22O5S/c1-4-27-22(24)15-7-5-14(6-8-15)21-17(13-23)12-20(28-21)16-9-10-18(25-2)19(11-16)26-3/h5-12,23H,4,13H2,1-3H3. The maximum absolute atomic E-state index is 11.8. The number of benzene rings is 2. The minimum Gasteiger partial charge on any atom is -0.493 e. The molecule has 1 aromatic heterocycles. The Bertz CT molecular complexity index is 960. The molecule has 0 radical (unpaired) electrons. The van der Waals surface area contributed by atoms with E-state index in [1.807, 2.05) is 36.4 Å². The Hall–Kier alpha value is -2.83. The minimum atomic E-state index is -0.339. The Kier molecular flexibility index (Phi) is 6.34. The number of carbonyl (C=O) groups excluding carboxylic acids is 1. The van der Waals surface area contributed by atoms with Gasteiger partial charge >= 0.3 is 5.97 Å². The first-order valence-electron chi connectivity index (χ1n) is 8.84. The molecule has 0 atom stereocenters. The van der Waals surface area contributed by atoms with Gasteiger partial charge in [0.1, 0.15) is 0 Å². The number of carbonyl (C=O) groups is 1. The topological polar surface area (TPSA) is 65.0 Å². The lowest BCUT2D eigenvalue weighted by atomic mass is 10.1. The van der Waals surface area contributed by atoms with E-state index >= 15 is 0 Å². The van der Waals surface area contributed by atoms with Crippen molar-refractivity contribution in [1.29, 1.82) is 0 Å². The number of aliphatic hydroxyl groups is 1. The lowest BCUT2D eigenvalue weighted by molar-refractivity contribution is 0.0526. The summed E-state index contributed by atoms with van der Waals surface area (Å²) >= 11 is 1.57. The summed E-state index contributed by atoms with van der Waals surface area (Å²) in [4.78, 5) is 13.8. The van der Waals surface area contributed by atoms with Crippen LogP contribution in [-0.2, 0) is 11.3 Å². The van der Waals surface area contributed by atoms with E-state index in [0.29, 0.717) is 23.7 Å². The first-order valence-corrected chi connectivity index (χ1v) is 9.66. The molecule has 1 heterocycles. The number of esters is 1. The highest BCUT2D eigenvalue weighted by Gasteiger charge is 2.15. The van der Waals surface area contributed by atoms with Crippen molar-refractivity contribution < 1.29 is 24.1 Å². The van der Waals surface area contributed by atoms with Gasteiger partial charge in [-0.1, -0.05) is 12.1 Å². The van der Waals surface area contributed by atoms with Crippen molar-refractivity contribution in [2.24, 2.45) is 0 Å². The lowest BCUT2D eigenvalue weighted by Crippen LogP contribution is -2.03. The maximum Gasteiger partial charge on any atom is 0.338 e. The van der Waals surface area contributed by atoms with Crippen molar-refractivity contribution in [2.45, 2.75) is 13.5 Å². The highest BCUT2D eigenvalue weighted by Crippen LogP contribution is 2.41. The molecule has 0 aliphatic rings. The Morgan fingerprint density at radius 2 is 1.64 bits per heavy atom. The van der Waals surface area contributed by atoms with Crippen molar-refractivity contribution in [2.75, 3.05) is 20.8 Å². The van der Waals surface area contributed by atoms with E-state index in [-0.39, 0.29) is 12.6 Å². The molecule has 3 aromatic rings. The van der Waals surface area contributed by atoms with E-state index in [9.17, 15) is 9.90 Å². The molecule has 0 unspecified atom stereocenters. The summed E-state index contributed by atoms with van der Waals surface area (Å²) in [6.07, 6.45) is 0. The lowest BCUT2D eigenvalue weighted by Gasteiger charge is -2.08. The summed E-state index contributed by atoms with van der Waals surface area (Å²) in [6.45, 7) is 2.05. The number of aliphatic hydroxyl groups excluding tert-OH is 1. The summed E-state index contributed by atoms with van der Waals surface area (Å²) in [5.41, 5.74) is 3.26. The molecule has 0 saturated heterocycles. The second kappa shape index (κ2) is 8.91. The molecule has 0 aliphatic carbocycles. The molecule has 5 nitrogen and oxygen atoms in total. The average Bonchev–Trinajstić information content (AvgIpc) is 3.18. The summed E-state index contributed by atoms with van der Waals surface area (Å²) in [7, 11) is 3.20. The number of methoxy groups -OCH3 is 2. The minimum absolute atomic E-state index is 0.0707. The Balaban J connectivity index is 1.96. The molecule has 1 N–H and O–H groups in total. The van der Waals surface area contributed by atoms with Gasteiger partial charge in [0, 0.05) is 9.75 Å². The Labute approximate surface area is 168 Å². The van der Waals surface area contributed by atoms with E-state index in [0.717, 1.165) is 26.4 Å². The van der Waals surface area contributed by atoms with Crippen LogP contribution < -0.4 is 9.47 Å². The van der Waals surface area contributed by atoms with Gasteiger partial charge < -0.3 is 19.3 Å². The van der Waals surface area contributed by atoms with Crippen molar-refractivity contribution in [3.05, 3.63) is 59.7 Å². The van der Waals surface area contributed by atoms with Gasteiger partial charge in [-0.05, 0) is 60.0 Å². The SMILES string of the molecule is CCOC(=O)c1ccc(-c2sc(-c3ccc(OC)c(OC)c3)cc2CO)cc1. The van der Waals surface area contributed by atoms with Crippen molar-refractivity contribution in [3.8, 4) is 32.4 Å². The van der Waals surface area contributed by atoms with Crippen LogP contribution in [0, 0.1) is 0 Å². The van der Waals surface area contributed by atoms with Crippen molar-refractivity contribution in [3.63, 3.8) is 0 Å². The summed E-state index contributed by atoms with van der Waals surface area (Å²) in [5, 5.41) is 9.82. The molecule has 6 heteroatoms. The summed E-state index contributed by atoms with van der Waals surface area (Å²) in [5.74, 6) is 0.980. The molecule has 0 bridgehead atoms. The van der Waals surface area contributed by atoms with Gasteiger partial charge in [-0.15, -0.1) is 11.3 Å². The van der Waals surface area contributed by atoms with Crippen LogP contribution in [0.1, 0.15) is 22.8 Å². The molecule has 3 rings (SSSR count). The molecule has 0 saturated carbocycles. The van der Waals surface area contributed by atoms with E-state index in [2.05, 4.69) is 0 Å². The largest absolute Gasteiger partial charge is 0.493 e. The molecule has 28 heavy (non-hydrogen) atoms. The van der Waals surface area contributed by atoms with Gasteiger partial charge in [-0.2, -0.15) is 0 Å². The normalized spacial score (nSPS) is 10.6. The van der Waals surface area contributed by atoms with E-state index < -0.39 is 0 Å². The zero-order valence-electron chi connectivity index (χ0n) is 16.0. The van der Waals surface area contributed by atoms with Gasteiger partial charge in [-0.25, -0.2) is 4.79 Å². The molecular weight excluding hydrogens is 376 g/mol. The fourth-order valence-electron chi connectivity index (χ4n) is 2.89. The van der Waals surface area contributed by atoms with Crippen LogP contribution in [0.5, 0.6) is 11.5 Å². The van der Waals surface area contributed by atoms with E-state index in [1.54, 1.807) is 44.6 Å². The van der Waals surface area contributed by atoms with Gasteiger partial charge in [-0.3, -0.25) is 0 Å². The number of hydrogen-bond donors (Lipinski definition) is 1. The number of hydrogen-bond acceptors (Lipinski definition) is 6. The molecule has 0 spiro atoms. The molecular formula is C22H22O5S. The van der Waals surface area contributed by atoms with Crippen LogP contribution >= 0.6 is 11.3 Å². The molecule has 2 aromatic carbocycles. The maximum atomic E-state index is 11.8. The number of ether oxygens (including phenoxy) is 3. The second-order valence-electron chi connectivity index (χ2n) is 5.99. The van der Waals surface area contributed by atoms with Crippen LogP contribution in [0.2, 0.25) is 0 Å². The van der Waals surface area contributed by atoms with E-state index in [1.165, 1.54) is 0 Å². The van der Waals surface area contributed by atoms with Gasteiger partial charge in [0.15, 0.2) is 11.5 Å². The monoisotopic (exact) mass is 398 g/mol. The fourth-order valence-corrected chi connectivity index (χ4v) is 4.07. The molecule has 0 fully saturated rings. The second-order valence-corrected chi connectivity index (χ2v) is 7.04. The predicted octanol–water partition coefficient (Wildman–Crippen LogP) is 4.77. The number of rotatable bonds is 7. The highest BCUT2D eigenvalue weighted by molar-refractivity contribution is 7.19. The summed E-state index contributed by atoms with van der Waals surface area (Å²) < 4.78 is 15.7. The van der Waals surface area contributed by atoms with E-state index in [4.69, 9.17) is 14.2 Å². The fraction of sp³-hybridized carbons (Fsp3) is 0.227. The van der Waals surface area contributed by atoms with Gasteiger partial charge in [0.2, 0.25) is 0 Å². The van der Waals surface area contributed by atoms with Crippen LogP contribution in [0.15, 0.2) is 48.5 Å². The summed E-state index contributed by atoms with van der Waals surface area (Å²) in [6, 6.07) is 14.9. The van der Waals surface area contributed by atoms with Crippen molar-refractivity contribution in [1.82, 2.24) is 0 Å². The predicted molar refractivity (Wildman–Crippen MR) is 110 cm³/mol. The van der Waals surface area contributed by atoms with Crippen LogP contribution in [0.25, 0.3) is 20.9 Å². The Morgan fingerprint density at radius 1 is 0.964 bits per heavy atom. The van der Waals surface area contributed by atoms with Crippen LogP contribution in [-0.4, -0.2) is 31.9 Å². The molecule has 0 amide bonds. The third-order valence-corrected chi connectivity index (χ3v) is 5.58. The van der Waals surface area contributed by atoms with Crippen molar-refractivity contribution >= 4 is 17.3 Å². The first-order chi connectivity index (χ1) is 13.6.